The maximum Gasteiger partial charge on any atom is 0.323 e. The number of benzene rings is 2. The van der Waals surface area contributed by atoms with Gasteiger partial charge in [-0.25, -0.2) is 4.39 Å². The van der Waals surface area contributed by atoms with E-state index in [0.717, 1.165) is 0 Å². The molecule has 0 unspecified atom stereocenters. The second-order valence-electron chi connectivity index (χ2n) is 5.55. The molecule has 0 bridgehead atoms. The standard InChI is InChI=1S/C19H20FNO5/c1-25-10-11-26-17-8-4-15(5-9-17)19(24)21(13-18(22)23)12-14-2-6-16(20)7-3-14/h2-9H,10-13H2,1H3,(H,22,23). The number of methoxy groups -OCH3 is 1. The molecule has 0 aliphatic carbocycles. The fraction of sp³-hybridized carbons (Fsp3) is 0.263. The molecule has 0 spiro atoms. The van der Waals surface area contributed by atoms with Crippen molar-refractivity contribution in [3.8, 4) is 5.75 Å². The molecule has 0 atom stereocenters. The van der Waals surface area contributed by atoms with Gasteiger partial charge in [0.2, 0.25) is 0 Å². The zero-order valence-electron chi connectivity index (χ0n) is 14.4. The maximum absolute atomic E-state index is 13.0. The number of ether oxygens (including phenoxy) is 2. The number of carbonyl (C=O) groups excluding carboxylic acids is 1. The van der Waals surface area contributed by atoms with E-state index in [1.807, 2.05) is 0 Å². The topological polar surface area (TPSA) is 76.1 Å². The van der Waals surface area contributed by atoms with Crippen LogP contribution in [0.3, 0.4) is 0 Å². The molecule has 0 radical (unpaired) electrons. The third-order valence-electron chi connectivity index (χ3n) is 3.56. The van der Waals surface area contributed by atoms with Crippen LogP contribution in [0.1, 0.15) is 15.9 Å². The Kier molecular flexibility index (Phi) is 7.11. The van der Waals surface area contributed by atoms with Gasteiger partial charge in [0.25, 0.3) is 5.91 Å². The van der Waals surface area contributed by atoms with E-state index in [4.69, 9.17) is 14.6 Å². The molecular formula is C19H20FNO5. The fourth-order valence-electron chi connectivity index (χ4n) is 2.29. The number of halogens is 1. The number of aliphatic carboxylic acids is 1. The lowest BCUT2D eigenvalue weighted by Gasteiger charge is -2.21. The van der Waals surface area contributed by atoms with Crippen LogP contribution in [0.4, 0.5) is 4.39 Å². The van der Waals surface area contributed by atoms with Crippen LogP contribution in [0.5, 0.6) is 5.75 Å². The summed E-state index contributed by atoms with van der Waals surface area (Å²) in [5.41, 5.74) is 0.980. The van der Waals surface area contributed by atoms with E-state index < -0.39 is 24.2 Å². The summed E-state index contributed by atoms with van der Waals surface area (Å²) in [6, 6.07) is 12.0. The number of rotatable bonds is 9. The smallest absolute Gasteiger partial charge is 0.323 e. The van der Waals surface area contributed by atoms with Gasteiger partial charge in [0.1, 0.15) is 24.7 Å². The summed E-state index contributed by atoms with van der Waals surface area (Å²) in [5.74, 6) is -1.36. The molecule has 2 rings (SSSR count). The molecule has 1 amide bonds. The van der Waals surface area contributed by atoms with Crippen LogP contribution < -0.4 is 4.74 Å². The van der Waals surface area contributed by atoms with Crippen LogP contribution >= 0.6 is 0 Å². The van der Waals surface area contributed by atoms with Crippen LogP contribution in [-0.4, -0.2) is 48.8 Å². The van der Waals surface area contributed by atoms with E-state index in [2.05, 4.69) is 0 Å². The second-order valence-corrected chi connectivity index (χ2v) is 5.55. The van der Waals surface area contributed by atoms with Crippen LogP contribution in [0.2, 0.25) is 0 Å². The van der Waals surface area contributed by atoms with Gasteiger partial charge in [0.05, 0.1) is 6.61 Å². The molecule has 0 aliphatic rings. The molecule has 0 saturated carbocycles. The first kappa shape index (κ1) is 19.4. The molecule has 0 heterocycles. The summed E-state index contributed by atoms with van der Waals surface area (Å²) in [4.78, 5) is 24.9. The van der Waals surface area contributed by atoms with E-state index in [-0.39, 0.29) is 6.54 Å². The first-order chi connectivity index (χ1) is 12.5. The maximum atomic E-state index is 13.0. The van der Waals surface area contributed by atoms with E-state index in [1.54, 1.807) is 31.4 Å². The van der Waals surface area contributed by atoms with Gasteiger partial charge in [-0.1, -0.05) is 12.1 Å². The number of carbonyl (C=O) groups is 2. The molecule has 6 nitrogen and oxygen atoms in total. The minimum Gasteiger partial charge on any atom is -0.491 e. The van der Waals surface area contributed by atoms with Crippen LogP contribution in [0.15, 0.2) is 48.5 Å². The lowest BCUT2D eigenvalue weighted by Crippen LogP contribution is -2.35. The van der Waals surface area contributed by atoms with E-state index >= 15 is 0 Å². The number of amides is 1. The SMILES string of the molecule is COCCOc1ccc(C(=O)N(CC(=O)O)Cc2ccc(F)cc2)cc1. The van der Waals surface area contributed by atoms with Gasteiger partial charge in [-0.05, 0) is 42.0 Å². The summed E-state index contributed by atoms with van der Waals surface area (Å²) >= 11 is 0. The lowest BCUT2D eigenvalue weighted by atomic mass is 10.1. The van der Waals surface area contributed by atoms with E-state index in [0.29, 0.717) is 30.1 Å². The molecule has 0 saturated heterocycles. The van der Waals surface area contributed by atoms with Crippen molar-refractivity contribution >= 4 is 11.9 Å². The van der Waals surface area contributed by atoms with Crippen molar-refractivity contribution in [1.29, 1.82) is 0 Å². The second kappa shape index (κ2) is 9.53. The van der Waals surface area contributed by atoms with Crippen molar-refractivity contribution in [2.24, 2.45) is 0 Å². The Morgan fingerprint density at radius 2 is 1.69 bits per heavy atom. The Bertz CT molecular complexity index is 731. The fourth-order valence-corrected chi connectivity index (χ4v) is 2.29. The first-order valence-corrected chi connectivity index (χ1v) is 7.97. The Morgan fingerprint density at radius 1 is 1.04 bits per heavy atom. The third-order valence-corrected chi connectivity index (χ3v) is 3.56. The molecule has 7 heteroatoms. The van der Waals surface area contributed by atoms with Gasteiger partial charge < -0.3 is 19.5 Å². The highest BCUT2D eigenvalue weighted by Gasteiger charge is 2.19. The summed E-state index contributed by atoms with van der Waals surface area (Å²) in [6.07, 6.45) is 0. The summed E-state index contributed by atoms with van der Waals surface area (Å²) in [6.45, 7) is 0.448. The highest BCUT2D eigenvalue weighted by molar-refractivity contribution is 5.95. The van der Waals surface area contributed by atoms with Crippen molar-refractivity contribution in [3.05, 3.63) is 65.5 Å². The molecule has 0 aromatic heterocycles. The normalized spacial score (nSPS) is 10.4. The molecule has 0 aliphatic heterocycles. The predicted molar refractivity (Wildman–Crippen MR) is 92.6 cm³/mol. The Hall–Kier alpha value is -2.93. The van der Waals surface area contributed by atoms with Gasteiger partial charge in [0.15, 0.2) is 0 Å². The predicted octanol–water partition coefficient (Wildman–Crippen LogP) is 2.58. The van der Waals surface area contributed by atoms with Crippen molar-refractivity contribution in [1.82, 2.24) is 4.90 Å². The van der Waals surface area contributed by atoms with Gasteiger partial charge >= 0.3 is 5.97 Å². The van der Waals surface area contributed by atoms with Gasteiger partial charge in [-0.3, -0.25) is 9.59 Å². The summed E-state index contributed by atoms with van der Waals surface area (Å²) in [5, 5.41) is 9.08. The minimum absolute atomic E-state index is 0.0670. The van der Waals surface area contributed by atoms with E-state index in [1.165, 1.54) is 29.2 Å². The Labute approximate surface area is 150 Å². The average Bonchev–Trinajstić information content (AvgIpc) is 2.63. The number of nitrogens with zero attached hydrogens (tertiary/aromatic N) is 1. The molecule has 1 N–H and O–H groups in total. The van der Waals surface area contributed by atoms with Crippen LogP contribution in [0.25, 0.3) is 0 Å². The van der Waals surface area contributed by atoms with Crippen molar-refractivity contribution in [2.75, 3.05) is 26.9 Å². The van der Waals surface area contributed by atoms with E-state index in [9.17, 15) is 14.0 Å². The molecule has 2 aromatic rings. The number of hydrogen-bond donors (Lipinski definition) is 1. The number of hydrogen-bond acceptors (Lipinski definition) is 4. The zero-order chi connectivity index (χ0) is 18.9. The highest BCUT2D eigenvalue weighted by Crippen LogP contribution is 2.15. The first-order valence-electron chi connectivity index (χ1n) is 7.97. The molecule has 138 valence electrons. The van der Waals surface area contributed by atoms with Crippen LogP contribution in [0, 0.1) is 5.82 Å². The van der Waals surface area contributed by atoms with Gasteiger partial charge in [0, 0.05) is 19.2 Å². The molecule has 26 heavy (non-hydrogen) atoms. The Balaban J connectivity index is 2.09. The molecule has 0 fully saturated rings. The summed E-state index contributed by atoms with van der Waals surface area (Å²) < 4.78 is 23.3. The lowest BCUT2D eigenvalue weighted by molar-refractivity contribution is -0.137. The quantitative estimate of drug-likeness (QED) is 0.695. The number of carboxylic acids is 1. The highest BCUT2D eigenvalue weighted by atomic mass is 19.1. The number of carboxylic acid groups (broad SMARTS) is 1. The zero-order valence-corrected chi connectivity index (χ0v) is 14.4. The monoisotopic (exact) mass is 361 g/mol. The molecular weight excluding hydrogens is 341 g/mol. The van der Waals surface area contributed by atoms with Gasteiger partial charge in [-0.15, -0.1) is 0 Å². The summed E-state index contributed by atoms with van der Waals surface area (Å²) in [7, 11) is 1.57. The Morgan fingerprint density at radius 3 is 2.27 bits per heavy atom. The van der Waals surface area contributed by atoms with Crippen molar-refractivity contribution in [3.63, 3.8) is 0 Å². The largest absolute Gasteiger partial charge is 0.491 e. The average molecular weight is 361 g/mol. The van der Waals surface area contributed by atoms with Gasteiger partial charge in [-0.2, -0.15) is 0 Å². The third kappa shape index (κ3) is 5.86. The van der Waals surface area contributed by atoms with Crippen molar-refractivity contribution in [2.45, 2.75) is 6.54 Å². The minimum atomic E-state index is -1.13. The van der Waals surface area contributed by atoms with Crippen molar-refractivity contribution < 1.29 is 28.6 Å². The molecule has 2 aromatic carbocycles. The van der Waals surface area contributed by atoms with Crippen LogP contribution in [-0.2, 0) is 16.1 Å².